The number of carboxylic acids is 2. The molecule has 0 aliphatic carbocycles. The van der Waals surface area contributed by atoms with E-state index in [0.29, 0.717) is 13.2 Å². The van der Waals surface area contributed by atoms with Crippen molar-refractivity contribution in [3.05, 3.63) is 12.2 Å². The first kappa shape index (κ1) is 31.1. The van der Waals surface area contributed by atoms with Crippen LogP contribution in [0.1, 0.15) is 26.7 Å². The minimum Gasteiger partial charge on any atom is -0.480 e. The fourth-order valence-corrected chi connectivity index (χ4v) is 1.93. The van der Waals surface area contributed by atoms with Gasteiger partial charge in [-0.1, -0.05) is 0 Å². The molecule has 0 rings (SSSR count). The first-order valence-electron chi connectivity index (χ1n) is 9.38. The van der Waals surface area contributed by atoms with Gasteiger partial charge in [-0.05, 0) is 20.3 Å². The van der Waals surface area contributed by atoms with Crippen molar-refractivity contribution >= 4 is 48.3 Å². The maximum atomic E-state index is 11.5. The molecule has 0 bridgehead atoms. The van der Waals surface area contributed by atoms with Crippen molar-refractivity contribution in [2.75, 3.05) is 25.5 Å². The van der Waals surface area contributed by atoms with Gasteiger partial charge in [0.2, 0.25) is 11.8 Å². The molecule has 0 aliphatic heterocycles. The SMILES string of the molecule is CCOC(=O)/C=C\C(=O)OCC.N[C@@H](CCC(=O)N[C@@H](CS)C(=O)NCC(=O)O)C(=O)O. The maximum absolute atomic E-state index is 11.5. The van der Waals surface area contributed by atoms with Gasteiger partial charge in [0.05, 0.1) is 13.2 Å². The highest BCUT2D eigenvalue weighted by Gasteiger charge is 2.20. The Morgan fingerprint density at radius 1 is 1.00 bits per heavy atom. The third-order valence-corrected chi connectivity index (χ3v) is 3.54. The second kappa shape index (κ2) is 18.6. The summed E-state index contributed by atoms with van der Waals surface area (Å²) in [6.07, 6.45) is 1.85. The molecule has 0 spiro atoms. The molecule has 0 aromatic rings. The number of amides is 2. The van der Waals surface area contributed by atoms with Gasteiger partial charge in [-0.15, -0.1) is 0 Å². The standard InChI is InChI=1S/C10H17N3O6S.C8H12O4/c11-5(10(18)19)1-2-7(14)13-6(4-20)9(17)12-3-8(15)16;1-3-11-7(9)5-6-8(10)12-4-2/h5-6,20H,1-4,11H2,(H,12,17)(H,13,14)(H,15,16)(H,18,19);5-6H,3-4H2,1-2H3/b;6-5-/t5-,6-;/m0./s1. The van der Waals surface area contributed by atoms with E-state index in [2.05, 4.69) is 32.7 Å². The number of rotatable bonds is 13. The van der Waals surface area contributed by atoms with Gasteiger partial charge in [0.15, 0.2) is 0 Å². The summed E-state index contributed by atoms with van der Waals surface area (Å²) in [5.41, 5.74) is 5.23. The molecule has 0 fully saturated rings. The Kier molecular flexibility index (Phi) is 18.1. The average Bonchev–Trinajstić information content (AvgIpc) is 2.73. The smallest absolute Gasteiger partial charge is 0.330 e. The molecule has 14 heteroatoms. The lowest BCUT2D eigenvalue weighted by Crippen LogP contribution is -2.49. The zero-order chi connectivity index (χ0) is 25.1. The van der Waals surface area contributed by atoms with Gasteiger partial charge >= 0.3 is 23.9 Å². The summed E-state index contributed by atoms with van der Waals surface area (Å²) < 4.78 is 9.07. The molecular weight excluding hydrogens is 450 g/mol. The van der Waals surface area contributed by atoms with E-state index >= 15 is 0 Å². The largest absolute Gasteiger partial charge is 0.480 e. The first-order valence-corrected chi connectivity index (χ1v) is 10.0. The summed E-state index contributed by atoms with van der Waals surface area (Å²) in [4.78, 5) is 65.0. The molecule has 0 saturated heterocycles. The molecule has 182 valence electrons. The highest BCUT2D eigenvalue weighted by Crippen LogP contribution is 1.97. The van der Waals surface area contributed by atoms with Crippen molar-refractivity contribution in [1.29, 1.82) is 0 Å². The van der Waals surface area contributed by atoms with E-state index in [0.717, 1.165) is 12.2 Å². The van der Waals surface area contributed by atoms with E-state index in [4.69, 9.17) is 15.9 Å². The van der Waals surface area contributed by atoms with E-state index in [1.807, 2.05) is 0 Å². The molecule has 0 aromatic carbocycles. The topological polar surface area (TPSA) is 211 Å². The zero-order valence-electron chi connectivity index (χ0n) is 17.7. The van der Waals surface area contributed by atoms with Gasteiger partial charge in [0, 0.05) is 24.3 Å². The Morgan fingerprint density at radius 3 is 1.88 bits per heavy atom. The van der Waals surface area contributed by atoms with Crippen molar-refractivity contribution in [1.82, 2.24) is 10.6 Å². The number of esters is 2. The highest BCUT2D eigenvalue weighted by atomic mass is 32.1. The van der Waals surface area contributed by atoms with Crippen LogP contribution in [-0.2, 0) is 38.2 Å². The second-order valence-corrected chi connectivity index (χ2v) is 6.10. The van der Waals surface area contributed by atoms with Crippen LogP contribution in [0.3, 0.4) is 0 Å². The molecule has 0 heterocycles. The van der Waals surface area contributed by atoms with Crippen LogP contribution >= 0.6 is 12.6 Å². The minimum atomic E-state index is -1.22. The molecule has 0 aromatic heterocycles. The molecule has 6 N–H and O–H groups in total. The van der Waals surface area contributed by atoms with E-state index in [1.54, 1.807) is 13.8 Å². The van der Waals surface area contributed by atoms with E-state index in [1.165, 1.54) is 0 Å². The number of thiol groups is 1. The molecule has 13 nitrogen and oxygen atoms in total. The predicted octanol–water partition coefficient (Wildman–Crippen LogP) is -1.54. The molecule has 0 unspecified atom stereocenters. The Morgan fingerprint density at radius 2 is 1.50 bits per heavy atom. The lowest BCUT2D eigenvalue weighted by atomic mass is 10.1. The Labute approximate surface area is 190 Å². The summed E-state index contributed by atoms with van der Waals surface area (Å²) in [6, 6.07) is -2.15. The van der Waals surface area contributed by atoms with Crippen molar-refractivity contribution in [3.8, 4) is 0 Å². The quantitative estimate of drug-likeness (QED) is 0.101. The Hall–Kier alpha value is -3.13. The monoisotopic (exact) mass is 479 g/mol. The number of nitrogens with one attached hydrogen (secondary N) is 2. The Balaban J connectivity index is 0. The fourth-order valence-electron chi connectivity index (χ4n) is 1.67. The summed E-state index contributed by atoms with van der Waals surface area (Å²) in [5, 5.41) is 21.4. The van der Waals surface area contributed by atoms with Crippen LogP contribution in [0.2, 0.25) is 0 Å². The lowest BCUT2D eigenvalue weighted by Gasteiger charge is -2.16. The van der Waals surface area contributed by atoms with Gasteiger partial charge < -0.3 is 36.1 Å². The van der Waals surface area contributed by atoms with E-state index in [9.17, 15) is 28.8 Å². The summed E-state index contributed by atoms with van der Waals surface area (Å²) >= 11 is 3.87. The van der Waals surface area contributed by atoms with Crippen LogP contribution in [-0.4, -0.2) is 83.5 Å². The van der Waals surface area contributed by atoms with Gasteiger partial charge in [0.1, 0.15) is 18.6 Å². The molecule has 2 amide bonds. The van der Waals surface area contributed by atoms with Crippen molar-refractivity contribution in [2.24, 2.45) is 5.73 Å². The predicted molar refractivity (Wildman–Crippen MR) is 114 cm³/mol. The number of hydrogen-bond donors (Lipinski definition) is 6. The zero-order valence-corrected chi connectivity index (χ0v) is 18.6. The molecule has 0 radical (unpaired) electrons. The molecule has 0 aliphatic rings. The van der Waals surface area contributed by atoms with Gasteiger partial charge in [-0.25, -0.2) is 9.59 Å². The number of carbonyl (C=O) groups excluding carboxylic acids is 4. The average molecular weight is 480 g/mol. The number of nitrogens with two attached hydrogens (primary N) is 1. The fraction of sp³-hybridized carbons (Fsp3) is 0.556. The van der Waals surface area contributed by atoms with Crippen LogP contribution in [0.5, 0.6) is 0 Å². The van der Waals surface area contributed by atoms with Crippen LogP contribution in [0.4, 0.5) is 0 Å². The summed E-state index contributed by atoms with van der Waals surface area (Å²) in [6.45, 7) is 3.41. The number of carboxylic acid groups (broad SMARTS) is 2. The third-order valence-electron chi connectivity index (χ3n) is 3.18. The van der Waals surface area contributed by atoms with Gasteiger partial charge in [-0.3, -0.25) is 19.2 Å². The highest BCUT2D eigenvalue weighted by molar-refractivity contribution is 7.80. The van der Waals surface area contributed by atoms with Crippen molar-refractivity contribution < 1.29 is 48.5 Å². The van der Waals surface area contributed by atoms with Gasteiger partial charge in [-0.2, -0.15) is 12.6 Å². The van der Waals surface area contributed by atoms with E-state index in [-0.39, 0.29) is 18.6 Å². The second-order valence-electron chi connectivity index (χ2n) is 5.74. The van der Waals surface area contributed by atoms with Crippen LogP contribution < -0.4 is 16.4 Å². The summed E-state index contributed by atoms with van der Waals surface area (Å²) in [7, 11) is 0. The normalized spacial score (nSPS) is 11.9. The molecule has 32 heavy (non-hydrogen) atoms. The van der Waals surface area contributed by atoms with Crippen LogP contribution in [0.25, 0.3) is 0 Å². The van der Waals surface area contributed by atoms with E-state index < -0.39 is 54.3 Å². The molecule has 2 atom stereocenters. The molecule has 0 saturated carbocycles. The molecular formula is C18H29N3O10S. The minimum absolute atomic E-state index is 0.0256. The van der Waals surface area contributed by atoms with Crippen molar-refractivity contribution in [2.45, 2.75) is 38.8 Å². The van der Waals surface area contributed by atoms with Gasteiger partial charge in [0.25, 0.3) is 0 Å². The Bertz CT molecular complexity index is 664. The first-order chi connectivity index (χ1) is 15.0. The van der Waals surface area contributed by atoms with Crippen LogP contribution in [0, 0.1) is 0 Å². The number of hydrogen-bond acceptors (Lipinski definition) is 10. The number of ether oxygens (including phenoxy) is 2. The number of aliphatic carboxylic acids is 2. The van der Waals surface area contributed by atoms with Crippen LogP contribution in [0.15, 0.2) is 12.2 Å². The summed E-state index contributed by atoms with van der Waals surface area (Å²) in [5.74, 6) is -4.78. The number of carbonyl (C=O) groups is 6. The van der Waals surface area contributed by atoms with Crippen molar-refractivity contribution in [3.63, 3.8) is 0 Å². The maximum Gasteiger partial charge on any atom is 0.330 e. The third kappa shape index (κ3) is 17.7. The lowest BCUT2D eigenvalue weighted by molar-refractivity contribution is -0.140.